The summed E-state index contributed by atoms with van der Waals surface area (Å²) in [5, 5.41) is 11.7. The van der Waals surface area contributed by atoms with Gasteiger partial charge in [0.2, 0.25) is 0 Å². The quantitative estimate of drug-likeness (QED) is 0.749. The van der Waals surface area contributed by atoms with Crippen molar-refractivity contribution < 1.29 is 0 Å². The van der Waals surface area contributed by atoms with Gasteiger partial charge < -0.3 is 5.32 Å². The molecule has 0 fully saturated rings. The highest BCUT2D eigenvalue weighted by atomic mass is 79.9. The van der Waals surface area contributed by atoms with E-state index in [0.29, 0.717) is 6.42 Å². The van der Waals surface area contributed by atoms with Gasteiger partial charge in [0.25, 0.3) is 0 Å². The molecular formula is C10H9Br3N2. The van der Waals surface area contributed by atoms with Gasteiger partial charge in [-0.1, -0.05) is 15.9 Å². The lowest BCUT2D eigenvalue weighted by Gasteiger charge is -2.10. The summed E-state index contributed by atoms with van der Waals surface area (Å²) in [4.78, 5) is 0. The van der Waals surface area contributed by atoms with Crippen molar-refractivity contribution >= 4 is 53.5 Å². The van der Waals surface area contributed by atoms with Crippen LogP contribution >= 0.6 is 47.8 Å². The van der Waals surface area contributed by atoms with E-state index in [1.165, 1.54) is 0 Å². The molecule has 0 aromatic heterocycles. The van der Waals surface area contributed by atoms with Crippen LogP contribution in [0.25, 0.3) is 0 Å². The summed E-state index contributed by atoms with van der Waals surface area (Å²) in [6.07, 6.45) is 1.43. The molecule has 1 aromatic carbocycles. The number of anilines is 1. The number of hydrogen-bond donors (Lipinski definition) is 1. The molecule has 2 nitrogen and oxygen atoms in total. The molecule has 1 N–H and O–H groups in total. The molecule has 0 saturated heterocycles. The van der Waals surface area contributed by atoms with Gasteiger partial charge in [-0.15, -0.1) is 0 Å². The Morgan fingerprint density at radius 2 is 1.80 bits per heavy atom. The van der Waals surface area contributed by atoms with Crippen molar-refractivity contribution in [3.8, 4) is 6.07 Å². The van der Waals surface area contributed by atoms with E-state index in [2.05, 4.69) is 59.2 Å². The zero-order valence-electron chi connectivity index (χ0n) is 7.86. The SMILES string of the molecule is N#CCCCNc1c(Br)cc(Br)cc1Br. The van der Waals surface area contributed by atoms with E-state index in [0.717, 1.165) is 32.1 Å². The predicted molar refractivity (Wildman–Crippen MR) is 72.9 cm³/mol. The van der Waals surface area contributed by atoms with Gasteiger partial charge in [0.1, 0.15) is 0 Å². The molecule has 1 aromatic rings. The van der Waals surface area contributed by atoms with E-state index in [9.17, 15) is 0 Å². The zero-order chi connectivity index (χ0) is 11.3. The first kappa shape index (κ1) is 13.0. The summed E-state index contributed by atoms with van der Waals surface area (Å²) in [6, 6.07) is 6.09. The molecule has 0 aliphatic rings. The van der Waals surface area contributed by atoms with E-state index in [4.69, 9.17) is 5.26 Å². The fourth-order valence-corrected chi connectivity index (χ4v) is 3.63. The number of hydrogen-bond acceptors (Lipinski definition) is 2. The Kier molecular flexibility index (Phi) is 5.65. The van der Waals surface area contributed by atoms with Crippen molar-refractivity contribution in [2.75, 3.05) is 11.9 Å². The van der Waals surface area contributed by atoms with Gasteiger partial charge in [-0.2, -0.15) is 5.26 Å². The van der Waals surface area contributed by atoms with Gasteiger partial charge in [0, 0.05) is 26.4 Å². The largest absolute Gasteiger partial charge is 0.383 e. The Labute approximate surface area is 114 Å². The Balaban J connectivity index is 2.65. The number of benzene rings is 1. The molecule has 15 heavy (non-hydrogen) atoms. The van der Waals surface area contributed by atoms with Gasteiger partial charge in [-0.25, -0.2) is 0 Å². The molecule has 0 amide bonds. The van der Waals surface area contributed by atoms with Gasteiger partial charge >= 0.3 is 0 Å². The summed E-state index contributed by atoms with van der Waals surface area (Å²) in [7, 11) is 0. The molecular weight excluding hydrogens is 388 g/mol. The number of nitriles is 1. The zero-order valence-corrected chi connectivity index (χ0v) is 12.6. The molecule has 0 radical (unpaired) electrons. The number of nitrogens with zero attached hydrogens (tertiary/aromatic N) is 1. The Bertz CT molecular complexity index is 362. The molecule has 0 spiro atoms. The maximum atomic E-state index is 8.41. The molecule has 1 rings (SSSR count). The molecule has 80 valence electrons. The normalized spacial score (nSPS) is 9.73. The van der Waals surface area contributed by atoms with E-state index in [1.807, 2.05) is 12.1 Å². The van der Waals surface area contributed by atoms with Gasteiger partial charge in [-0.05, 0) is 50.4 Å². The average Bonchev–Trinajstić information content (AvgIpc) is 2.15. The number of halogens is 3. The lowest BCUT2D eigenvalue weighted by atomic mass is 10.3. The Morgan fingerprint density at radius 1 is 1.20 bits per heavy atom. The molecule has 0 heterocycles. The van der Waals surface area contributed by atoms with E-state index < -0.39 is 0 Å². The minimum absolute atomic E-state index is 0.582. The van der Waals surface area contributed by atoms with Crippen LogP contribution < -0.4 is 5.32 Å². The number of nitrogens with one attached hydrogen (secondary N) is 1. The van der Waals surface area contributed by atoms with Crippen LogP contribution in [0.1, 0.15) is 12.8 Å². The summed E-state index contributed by atoms with van der Waals surface area (Å²) in [5.41, 5.74) is 1.02. The molecule has 5 heteroatoms. The van der Waals surface area contributed by atoms with Crippen molar-refractivity contribution in [1.82, 2.24) is 0 Å². The van der Waals surface area contributed by atoms with Crippen LogP contribution in [0, 0.1) is 11.3 Å². The highest BCUT2D eigenvalue weighted by molar-refractivity contribution is 9.11. The first-order valence-corrected chi connectivity index (χ1v) is 6.78. The van der Waals surface area contributed by atoms with Crippen molar-refractivity contribution in [2.24, 2.45) is 0 Å². The lowest BCUT2D eigenvalue weighted by Crippen LogP contribution is -2.02. The minimum atomic E-state index is 0.582. The van der Waals surface area contributed by atoms with Crippen molar-refractivity contribution in [1.29, 1.82) is 5.26 Å². The van der Waals surface area contributed by atoms with Crippen molar-refractivity contribution in [3.05, 3.63) is 25.6 Å². The van der Waals surface area contributed by atoms with Crippen LogP contribution in [-0.4, -0.2) is 6.54 Å². The summed E-state index contributed by atoms with van der Waals surface area (Å²) in [6.45, 7) is 0.798. The third-order valence-electron chi connectivity index (χ3n) is 1.77. The Morgan fingerprint density at radius 3 is 2.33 bits per heavy atom. The second-order valence-electron chi connectivity index (χ2n) is 2.93. The van der Waals surface area contributed by atoms with Gasteiger partial charge in [-0.3, -0.25) is 0 Å². The maximum Gasteiger partial charge on any atom is 0.0629 e. The highest BCUT2D eigenvalue weighted by Gasteiger charge is 2.05. The Hall–Kier alpha value is -0.0500. The van der Waals surface area contributed by atoms with E-state index >= 15 is 0 Å². The van der Waals surface area contributed by atoms with Gasteiger partial charge in [0.15, 0.2) is 0 Å². The predicted octanol–water partition coefficient (Wildman–Crippen LogP) is 4.69. The first-order chi connectivity index (χ1) is 7.15. The molecule has 0 unspecified atom stereocenters. The van der Waals surface area contributed by atoms with Crippen LogP contribution in [0.4, 0.5) is 5.69 Å². The fourth-order valence-electron chi connectivity index (χ4n) is 1.09. The number of unbranched alkanes of at least 4 members (excludes halogenated alkanes) is 1. The van der Waals surface area contributed by atoms with Crippen LogP contribution in [0.2, 0.25) is 0 Å². The highest BCUT2D eigenvalue weighted by Crippen LogP contribution is 2.34. The monoisotopic (exact) mass is 394 g/mol. The summed E-state index contributed by atoms with van der Waals surface area (Å²) in [5.74, 6) is 0. The molecule has 0 aliphatic carbocycles. The lowest BCUT2D eigenvalue weighted by molar-refractivity contribution is 0.896. The molecule has 0 bridgehead atoms. The van der Waals surface area contributed by atoms with Crippen molar-refractivity contribution in [3.63, 3.8) is 0 Å². The molecule has 0 atom stereocenters. The van der Waals surface area contributed by atoms with Crippen LogP contribution in [0.5, 0.6) is 0 Å². The smallest absolute Gasteiger partial charge is 0.0629 e. The third-order valence-corrected chi connectivity index (χ3v) is 3.48. The molecule has 0 aliphatic heterocycles. The minimum Gasteiger partial charge on any atom is -0.383 e. The number of rotatable bonds is 4. The van der Waals surface area contributed by atoms with E-state index in [-0.39, 0.29) is 0 Å². The second-order valence-corrected chi connectivity index (χ2v) is 5.56. The maximum absolute atomic E-state index is 8.41. The first-order valence-electron chi connectivity index (χ1n) is 4.40. The summed E-state index contributed by atoms with van der Waals surface area (Å²) < 4.78 is 3.02. The fraction of sp³-hybridized carbons (Fsp3) is 0.300. The topological polar surface area (TPSA) is 35.8 Å². The third kappa shape index (κ3) is 4.13. The summed E-state index contributed by atoms with van der Waals surface area (Å²) >= 11 is 10.4. The van der Waals surface area contributed by atoms with Crippen LogP contribution in [-0.2, 0) is 0 Å². The van der Waals surface area contributed by atoms with E-state index in [1.54, 1.807) is 0 Å². The van der Waals surface area contributed by atoms with Crippen LogP contribution in [0.15, 0.2) is 25.6 Å². The second kappa shape index (κ2) is 6.51. The van der Waals surface area contributed by atoms with Gasteiger partial charge in [0.05, 0.1) is 11.8 Å². The van der Waals surface area contributed by atoms with Crippen LogP contribution in [0.3, 0.4) is 0 Å². The van der Waals surface area contributed by atoms with Crippen molar-refractivity contribution in [2.45, 2.75) is 12.8 Å². The average molecular weight is 397 g/mol. The molecule has 0 saturated carbocycles. The standard InChI is InChI=1S/C10H9Br3N2/c11-7-5-8(12)10(9(13)6-7)15-4-2-1-3-14/h5-6,15H,1-2,4H2.